The van der Waals surface area contributed by atoms with Crippen molar-refractivity contribution >= 4 is 23.9 Å². The molecule has 23 nitrogen and oxygen atoms in total. The lowest BCUT2D eigenvalue weighted by molar-refractivity contribution is -0.369. The molecule has 0 aromatic carbocycles. The largest absolute Gasteiger partial charge is 0.481 e. The molecule has 4 heterocycles. The monoisotopic (exact) mass is 1400 g/mol. The molecule has 23 heteroatoms. The molecule has 0 aromatic heterocycles. The molecule has 562 valence electrons. The molecule has 0 spiro atoms. The number of allylic oxidation sites excluding steroid dienone is 2. The summed E-state index contributed by atoms with van der Waals surface area (Å²) in [6.07, 6.45) is -6.45. The summed E-state index contributed by atoms with van der Waals surface area (Å²) >= 11 is 0. The number of hydrogen-bond donors (Lipinski definition) is 11. The van der Waals surface area contributed by atoms with Crippen LogP contribution in [0.1, 0.15) is 188 Å². The first kappa shape index (κ1) is 76.9. The summed E-state index contributed by atoms with van der Waals surface area (Å²) in [5, 5.41) is 117. The quantitative estimate of drug-likeness (QED) is 0.0489. The summed E-state index contributed by atoms with van der Waals surface area (Å²) in [4.78, 5) is 52.1. The molecule has 4 aliphatic heterocycles. The fraction of sp³-hybridized carbons (Fsp3) is 0.895. The number of carbonyl (C=O) groups is 4. The number of carboxylic acid groups (broad SMARTS) is 2. The second kappa shape index (κ2) is 26.7. The summed E-state index contributed by atoms with van der Waals surface area (Å²) in [6.45, 7) is 32.8. The minimum atomic E-state index is -1.65. The molecule has 4 saturated heterocycles. The molecule has 4 bridgehead atoms. The molecule has 33 atom stereocenters. The normalized spacial score (nSPS) is 51.8. The molecule has 12 rings (SSSR count). The van der Waals surface area contributed by atoms with Crippen molar-refractivity contribution in [2.75, 3.05) is 33.0 Å². The summed E-state index contributed by atoms with van der Waals surface area (Å²) in [7, 11) is 0. The van der Waals surface area contributed by atoms with Gasteiger partial charge in [-0.3, -0.25) is 19.2 Å². The van der Waals surface area contributed by atoms with E-state index in [0.717, 1.165) is 50.5 Å². The molecule has 0 aromatic rings. The molecule has 0 radical (unpaired) electrons. The maximum atomic E-state index is 13.4. The standard InChI is InChI=1S/C38H60O12.C38H60O11/c1-18(2)19(3)34(5)13-14-36(7)21-9-10-25-35(6)17-47-33(46)38(25,22(21)11-12-37(36,8)29(34)31(44)45)15-23(48-20(4)40)30(35)50-32-28(43)27(42)26(41)24(16-39)49-32;1-19(2)20(3)34(5)13-14-36(7)22-9-10-26-35(6)17-46-18-38(26,23(22)11-12-37(36,8)30(34)32(44)45)15-24(47-21(4)40)31(35)49-33-29(43)28(42)27(41)25(16-39)48-33/h11,18-19,21,23-30,32-33,39,41-43,46H,9-10,12-17H2,1-8H3,(H,44,45);11,19-20,22,24-31,33,39,41-43H,9-10,12-18H2,1-8H3,(H,44,45)/t19-,21+,23-,24?,25+,26-,27+,28?,29-,30+,32+,33?,34-,35+,36-,37+,38+;20-,22+,24-,25?,26+,27-,28+,29?,30-,31+,33+,34-,35+,36-,37+,38+/m11/s1. The van der Waals surface area contributed by atoms with Crippen LogP contribution in [0.5, 0.6) is 0 Å². The fourth-order valence-electron chi connectivity index (χ4n) is 24.9. The second-order valence-electron chi connectivity index (χ2n) is 36.0. The minimum Gasteiger partial charge on any atom is -0.481 e. The Balaban J connectivity index is 0.000000200. The summed E-state index contributed by atoms with van der Waals surface area (Å²) in [6, 6.07) is 0. The van der Waals surface area contributed by atoms with E-state index in [9.17, 15) is 75.3 Å². The SMILES string of the molecule is CC(=O)O[C@@H]1C[C@@]23COC[C@@](C)([C@@H]2CC[C@H]2C3=CC[C@@]3(C)[C@H](C(=O)O)[C@@](C)([C@H](C)C(C)C)CC[C@]23C)[C@H]1O[C@@H]1OC(CO)[C@@H](O)[C@H](O)C1O.CC(=O)O[C@@H]1C[C@]23C4=CC[C@@]5(C)[C@H](C(=O)O)[C@@](C)([C@H](C)C(C)C)CC[C@]5(C)[C@H]4CC[C@H]2[C@](C)(COC3O)[C@H]1O[C@@H]1OC(CO)[C@@H](O)[C@H](O)C1O. The maximum Gasteiger partial charge on any atom is 0.307 e. The van der Waals surface area contributed by atoms with Gasteiger partial charge in [-0.25, -0.2) is 0 Å². The van der Waals surface area contributed by atoms with Gasteiger partial charge >= 0.3 is 23.9 Å². The number of esters is 2. The number of fused-ring (bicyclic) bond motifs is 6. The highest BCUT2D eigenvalue weighted by atomic mass is 16.7. The van der Waals surface area contributed by atoms with Crippen LogP contribution in [0.2, 0.25) is 0 Å². The van der Waals surface area contributed by atoms with E-state index in [1.54, 1.807) is 0 Å². The van der Waals surface area contributed by atoms with Gasteiger partial charge in [0.1, 0.15) is 73.2 Å². The number of carboxylic acids is 2. The van der Waals surface area contributed by atoms with Crippen molar-refractivity contribution in [3.63, 3.8) is 0 Å². The van der Waals surface area contributed by atoms with E-state index in [0.29, 0.717) is 50.7 Å². The Bertz CT molecular complexity index is 3100. The molecule has 0 amide bonds. The predicted octanol–water partition coefficient (Wildman–Crippen LogP) is 6.70. The van der Waals surface area contributed by atoms with Crippen molar-refractivity contribution in [3.8, 4) is 0 Å². The van der Waals surface area contributed by atoms with Crippen LogP contribution >= 0.6 is 0 Å². The van der Waals surface area contributed by atoms with Crippen molar-refractivity contribution in [1.82, 2.24) is 0 Å². The highest BCUT2D eigenvalue weighted by Gasteiger charge is 2.76. The van der Waals surface area contributed by atoms with Gasteiger partial charge in [0.25, 0.3) is 0 Å². The first-order chi connectivity index (χ1) is 46.1. The van der Waals surface area contributed by atoms with Crippen molar-refractivity contribution < 1.29 is 113 Å². The molecular weight excluding hydrogens is 1280 g/mol. The van der Waals surface area contributed by atoms with Crippen LogP contribution in [0.25, 0.3) is 0 Å². The zero-order valence-electron chi connectivity index (χ0n) is 61.4. The molecule has 12 aliphatic rings. The number of aliphatic hydroxyl groups is 9. The third-order valence-corrected chi connectivity index (χ3v) is 31.1. The van der Waals surface area contributed by atoms with Crippen molar-refractivity contribution in [2.24, 2.45) is 113 Å². The van der Waals surface area contributed by atoms with Crippen molar-refractivity contribution in [2.45, 2.75) is 280 Å². The average Bonchev–Trinajstić information content (AvgIpc) is 0.674. The number of rotatable bonds is 14. The predicted molar refractivity (Wildman–Crippen MR) is 357 cm³/mol. The molecule has 8 aliphatic carbocycles. The molecule has 10 fully saturated rings. The molecule has 11 N–H and O–H groups in total. The summed E-state index contributed by atoms with van der Waals surface area (Å²) in [5.41, 5.74) is -3.10. The third kappa shape index (κ3) is 11.3. The summed E-state index contributed by atoms with van der Waals surface area (Å²) < 4.78 is 49.3. The van der Waals surface area contributed by atoms with Gasteiger partial charge in [-0.05, 0) is 150 Å². The van der Waals surface area contributed by atoms with Crippen LogP contribution < -0.4 is 0 Å². The van der Waals surface area contributed by atoms with Gasteiger partial charge in [-0.2, -0.15) is 0 Å². The van der Waals surface area contributed by atoms with Crippen LogP contribution in [0.4, 0.5) is 0 Å². The van der Waals surface area contributed by atoms with Crippen molar-refractivity contribution in [3.05, 3.63) is 23.3 Å². The van der Waals surface area contributed by atoms with E-state index in [-0.39, 0.29) is 59.4 Å². The fourth-order valence-corrected chi connectivity index (χ4v) is 24.9. The molecular formula is C76H120O23. The van der Waals surface area contributed by atoms with Crippen LogP contribution in [-0.2, 0) is 57.1 Å². The average molecular weight is 1400 g/mol. The Morgan fingerprint density at radius 1 is 0.515 bits per heavy atom. The first-order valence-corrected chi connectivity index (χ1v) is 37.1. The topological polar surface area (TPSA) is 365 Å². The van der Waals surface area contributed by atoms with Gasteiger partial charge < -0.3 is 94.1 Å². The van der Waals surface area contributed by atoms with Crippen LogP contribution in [0.3, 0.4) is 0 Å². The van der Waals surface area contributed by atoms with E-state index in [1.807, 2.05) is 6.92 Å². The zero-order valence-corrected chi connectivity index (χ0v) is 61.4. The van der Waals surface area contributed by atoms with E-state index >= 15 is 0 Å². The second-order valence-corrected chi connectivity index (χ2v) is 36.0. The number of ether oxygens (including phenoxy) is 8. The van der Waals surface area contributed by atoms with Gasteiger partial charge in [0.2, 0.25) is 0 Å². The van der Waals surface area contributed by atoms with Gasteiger partial charge in [0.15, 0.2) is 18.9 Å². The minimum absolute atomic E-state index is 0.0419. The van der Waals surface area contributed by atoms with E-state index in [1.165, 1.54) is 19.4 Å². The van der Waals surface area contributed by atoms with Gasteiger partial charge in [0.05, 0.1) is 44.9 Å². The van der Waals surface area contributed by atoms with Crippen LogP contribution in [-0.4, -0.2) is 205 Å². The Labute approximate surface area is 584 Å². The lowest BCUT2D eigenvalue weighted by Gasteiger charge is -2.71. The number of aliphatic carboxylic acids is 2. The van der Waals surface area contributed by atoms with E-state index in [4.69, 9.17) is 37.9 Å². The van der Waals surface area contributed by atoms with Gasteiger partial charge in [0, 0.05) is 41.9 Å². The van der Waals surface area contributed by atoms with Crippen LogP contribution in [0.15, 0.2) is 23.3 Å². The third-order valence-electron chi connectivity index (χ3n) is 31.1. The van der Waals surface area contributed by atoms with E-state index in [2.05, 4.69) is 102 Å². The molecule has 99 heavy (non-hydrogen) atoms. The highest BCUT2D eigenvalue weighted by Crippen LogP contribution is 2.78. The Hall–Kier alpha value is -3.24. The Morgan fingerprint density at radius 3 is 1.35 bits per heavy atom. The summed E-state index contributed by atoms with van der Waals surface area (Å²) in [5.74, 6) is -2.49. The van der Waals surface area contributed by atoms with Gasteiger partial charge in [-0.15, -0.1) is 0 Å². The Kier molecular flexibility index (Phi) is 20.7. The molecule has 6 saturated carbocycles. The van der Waals surface area contributed by atoms with Crippen LogP contribution in [0, 0.1) is 113 Å². The maximum absolute atomic E-state index is 13.4. The molecule has 5 unspecified atom stereocenters. The highest BCUT2D eigenvalue weighted by molar-refractivity contribution is 5.74. The smallest absolute Gasteiger partial charge is 0.307 e. The lowest BCUT2D eigenvalue weighted by Crippen LogP contribution is -2.73. The first-order valence-electron chi connectivity index (χ1n) is 37.1. The van der Waals surface area contributed by atoms with Gasteiger partial charge in [-0.1, -0.05) is 120 Å². The number of aliphatic hydroxyl groups excluding tert-OH is 9. The Morgan fingerprint density at radius 2 is 0.929 bits per heavy atom. The number of carbonyl (C=O) groups excluding carboxylic acids is 2. The number of hydrogen-bond acceptors (Lipinski definition) is 21. The van der Waals surface area contributed by atoms with Crippen molar-refractivity contribution in [1.29, 1.82) is 0 Å². The zero-order chi connectivity index (χ0) is 73.0. The van der Waals surface area contributed by atoms with E-state index < -0.39 is 184 Å². The lowest BCUT2D eigenvalue weighted by atomic mass is 9.34.